The SMILES string of the molecule is CCS(=O)(=O)c1ccc(C(=O)N2CCc3sccc3C2c2cccs2)cc1. The van der Waals surface area contributed by atoms with Gasteiger partial charge in [-0.05, 0) is 59.1 Å². The smallest absolute Gasteiger partial charge is 0.254 e. The maximum Gasteiger partial charge on any atom is 0.254 e. The van der Waals surface area contributed by atoms with Crippen LogP contribution in [0.4, 0.5) is 0 Å². The summed E-state index contributed by atoms with van der Waals surface area (Å²) in [6.07, 6.45) is 0.850. The van der Waals surface area contributed by atoms with Gasteiger partial charge in [0.1, 0.15) is 0 Å². The van der Waals surface area contributed by atoms with E-state index in [9.17, 15) is 13.2 Å². The fourth-order valence-electron chi connectivity index (χ4n) is 3.43. The number of sulfone groups is 1. The Morgan fingerprint density at radius 3 is 2.56 bits per heavy atom. The summed E-state index contributed by atoms with van der Waals surface area (Å²) in [7, 11) is -3.27. The normalized spacial score (nSPS) is 16.9. The van der Waals surface area contributed by atoms with Crippen LogP contribution in [0.1, 0.15) is 38.6 Å². The molecule has 4 nitrogen and oxygen atoms in total. The molecule has 0 N–H and O–H groups in total. The summed E-state index contributed by atoms with van der Waals surface area (Å²) in [4.78, 5) is 17.9. The maximum atomic E-state index is 13.3. The average Bonchev–Trinajstić information content (AvgIpc) is 3.38. The Balaban J connectivity index is 1.69. The zero-order chi connectivity index (χ0) is 19.0. The Labute approximate surface area is 167 Å². The molecule has 27 heavy (non-hydrogen) atoms. The highest BCUT2D eigenvalue weighted by Crippen LogP contribution is 2.40. The number of amides is 1. The molecule has 3 aromatic rings. The molecule has 1 amide bonds. The first kappa shape index (κ1) is 18.4. The quantitative estimate of drug-likeness (QED) is 0.633. The van der Waals surface area contributed by atoms with E-state index in [4.69, 9.17) is 0 Å². The number of benzene rings is 1. The van der Waals surface area contributed by atoms with Gasteiger partial charge in [0.15, 0.2) is 9.84 Å². The number of carbonyl (C=O) groups is 1. The van der Waals surface area contributed by atoms with Crippen molar-refractivity contribution in [1.29, 1.82) is 0 Å². The molecule has 0 saturated heterocycles. The van der Waals surface area contributed by atoms with Crippen molar-refractivity contribution < 1.29 is 13.2 Å². The van der Waals surface area contributed by atoms with Crippen molar-refractivity contribution in [2.24, 2.45) is 0 Å². The Bertz CT molecular complexity index is 1050. The van der Waals surface area contributed by atoms with Gasteiger partial charge in [0.2, 0.25) is 0 Å². The minimum Gasteiger partial charge on any atom is -0.326 e. The molecule has 1 aliphatic heterocycles. The summed E-state index contributed by atoms with van der Waals surface area (Å²) >= 11 is 3.40. The first-order valence-electron chi connectivity index (χ1n) is 8.74. The number of carbonyl (C=O) groups excluding carboxylic acids is 1. The molecule has 0 fully saturated rings. The van der Waals surface area contributed by atoms with Crippen LogP contribution in [-0.2, 0) is 16.3 Å². The van der Waals surface area contributed by atoms with E-state index in [0.29, 0.717) is 12.1 Å². The van der Waals surface area contributed by atoms with Crippen molar-refractivity contribution in [2.45, 2.75) is 24.3 Å². The number of thiophene rings is 2. The van der Waals surface area contributed by atoms with E-state index >= 15 is 0 Å². The van der Waals surface area contributed by atoms with E-state index in [1.54, 1.807) is 41.7 Å². The summed E-state index contributed by atoms with van der Waals surface area (Å²) in [6.45, 7) is 2.27. The third kappa shape index (κ3) is 3.35. The van der Waals surface area contributed by atoms with Crippen molar-refractivity contribution in [3.8, 4) is 0 Å². The van der Waals surface area contributed by atoms with Crippen LogP contribution in [0.2, 0.25) is 0 Å². The van der Waals surface area contributed by atoms with Crippen LogP contribution in [0.25, 0.3) is 0 Å². The van der Waals surface area contributed by atoms with Crippen LogP contribution in [0.15, 0.2) is 58.1 Å². The molecule has 0 spiro atoms. The van der Waals surface area contributed by atoms with Gasteiger partial charge in [-0.2, -0.15) is 0 Å². The zero-order valence-electron chi connectivity index (χ0n) is 14.8. The van der Waals surface area contributed by atoms with Crippen LogP contribution in [0.5, 0.6) is 0 Å². The van der Waals surface area contributed by atoms with Gasteiger partial charge in [-0.15, -0.1) is 22.7 Å². The van der Waals surface area contributed by atoms with Crippen LogP contribution >= 0.6 is 22.7 Å². The number of hydrogen-bond acceptors (Lipinski definition) is 5. The third-order valence-corrected chi connectivity index (χ3v) is 8.55. The molecule has 0 saturated carbocycles. The highest BCUT2D eigenvalue weighted by Gasteiger charge is 2.33. The molecule has 0 radical (unpaired) electrons. The number of hydrogen-bond donors (Lipinski definition) is 0. The molecule has 1 atom stereocenters. The second-order valence-electron chi connectivity index (χ2n) is 6.39. The van der Waals surface area contributed by atoms with Crippen LogP contribution < -0.4 is 0 Å². The molecule has 2 aromatic heterocycles. The number of fused-ring (bicyclic) bond motifs is 1. The second kappa shape index (κ2) is 7.22. The topological polar surface area (TPSA) is 54.5 Å². The van der Waals surface area contributed by atoms with Crippen LogP contribution in [0, 0.1) is 0 Å². The molecule has 3 heterocycles. The van der Waals surface area contributed by atoms with Gasteiger partial charge in [-0.1, -0.05) is 13.0 Å². The standard InChI is InChI=1S/C20H19NO3S3/c1-2-27(23,24)15-7-5-14(6-8-15)20(22)21-11-9-17-16(10-13-26-17)19(21)18-4-3-12-25-18/h3-8,10,12-13,19H,2,9,11H2,1H3. The minimum atomic E-state index is -3.27. The summed E-state index contributed by atoms with van der Waals surface area (Å²) in [6, 6.07) is 12.4. The summed E-state index contributed by atoms with van der Waals surface area (Å²) in [5.74, 6) is -0.0148. The predicted octanol–water partition coefficient (Wildman–Crippen LogP) is 4.39. The lowest BCUT2D eigenvalue weighted by Gasteiger charge is -2.35. The van der Waals surface area contributed by atoms with E-state index in [1.165, 1.54) is 22.6 Å². The van der Waals surface area contributed by atoms with Gasteiger partial charge < -0.3 is 4.90 Å². The fourth-order valence-corrected chi connectivity index (χ4v) is 6.07. The average molecular weight is 418 g/mol. The molecule has 1 unspecified atom stereocenters. The van der Waals surface area contributed by atoms with E-state index < -0.39 is 9.84 Å². The lowest BCUT2D eigenvalue weighted by Crippen LogP contribution is -2.39. The van der Waals surface area contributed by atoms with Gasteiger partial charge in [-0.3, -0.25) is 4.79 Å². The number of nitrogens with zero attached hydrogens (tertiary/aromatic N) is 1. The summed E-state index contributed by atoms with van der Waals surface area (Å²) in [5.41, 5.74) is 1.72. The Morgan fingerprint density at radius 1 is 1.11 bits per heavy atom. The lowest BCUT2D eigenvalue weighted by atomic mass is 9.97. The van der Waals surface area contributed by atoms with E-state index in [-0.39, 0.29) is 22.6 Å². The fraction of sp³-hybridized carbons (Fsp3) is 0.250. The summed E-state index contributed by atoms with van der Waals surface area (Å²) in [5, 5.41) is 4.12. The first-order valence-corrected chi connectivity index (χ1v) is 12.2. The molecule has 7 heteroatoms. The molecular formula is C20H19NO3S3. The zero-order valence-corrected chi connectivity index (χ0v) is 17.2. The van der Waals surface area contributed by atoms with Crippen molar-refractivity contribution in [1.82, 2.24) is 4.90 Å². The molecule has 0 aliphatic carbocycles. The number of rotatable bonds is 4. The van der Waals surface area contributed by atoms with Gasteiger partial charge in [-0.25, -0.2) is 8.42 Å². The van der Waals surface area contributed by atoms with E-state index in [1.807, 2.05) is 16.3 Å². The van der Waals surface area contributed by atoms with Gasteiger partial charge in [0, 0.05) is 21.9 Å². The highest BCUT2D eigenvalue weighted by molar-refractivity contribution is 7.91. The summed E-state index contributed by atoms with van der Waals surface area (Å²) < 4.78 is 24.0. The van der Waals surface area contributed by atoms with Crippen molar-refractivity contribution in [2.75, 3.05) is 12.3 Å². The van der Waals surface area contributed by atoms with E-state index in [2.05, 4.69) is 17.5 Å². The van der Waals surface area contributed by atoms with Gasteiger partial charge in [0.05, 0.1) is 16.7 Å². The Hall–Kier alpha value is -1.96. The molecule has 140 valence electrons. The molecule has 1 aliphatic rings. The maximum absolute atomic E-state index is 13.3. The molecular weight excluding hydrogens is 398 g/mol. The monoisotopic (exact) mass is 417 g/mol. The molecule has 0 bridgehead atoms. The second-order valence-corrected chi connectivity index (χ2v) is 10.7. The Kier molecular flexibility index (Phi) is 4.92. The van der Waals surface area contributed by atoms with Gasteiger partial charge >= 0.3 is 0 Å². The lowest BCUT2D eigenvalue weighted by molar-refractivity contribution is 0.0698. The minimum absolute atomic E-state index is 0.0494. The van der Waals surface area contributed by atoms with Crippen molar-refractivity contribution >= 4 is 38.4 Å². The third-order valence-electron chi connectivity index (χ3n) is 4.88. The van der Waals surface area contributed by atoms with Crippen molar-refractivity contribution in [3.63, 3.8) is 0 Å². The van der Waals surface area contributed by atoms with Crippen LogP contribution in [0.3, 0.4) is 0 Å². The van der Waals surface area contributed by atoms with Gasteiger partial charge in [0.25, 0.3) is 5.91 Å². The molecule has 4 rings (SSSR count). The predicted molar refractivity (Wildman–Crippen MR) is 109 cm³/mol. The van der Waals surface area contributed by atoms with E-state index in [0.717, 1.165) is 11.3 Å². The Morgan fingerprint density at radius 2 is 1.89 bits per heavy atom. The molecule has 1 aromatic carbocycles. The largest absolute Gasteiger partial charge is 0.326 e. The van der Waals surface area contributed by atoms with Crippen molar-refractivity contribution in [3.05, 3.63) is 74.1 Å². The van der Waals surface area contributed by atoms with Crippen LogP contribution in [-0.4, -0.2) is 31.5 Å². The first-order chi connectivity index (χ1) is 13.0. The highest BCUT2D eigenvalue weighted by atomic mass is 32.2.